The third-order valence-corrected chi connectivity index (χ3v) is 4.86. The van der Waals surface area contributed by atoms with Gasteiger partial charge in [-0.3, -0.25) is 0 Å². The van der Waals surface area contributed by atoms with Gasteiger partial charge in [-0.1, -0.05) is 12.1 Å². The van der Waals surface area contributed by atoms with Crippen LogP contribution in [0.25, 0.3) is 16.7 Å². The van der Waals surface area contributed by atoms with Crippen LogP contribution in [0.5, 0.6) is 6.01 Å². The Labute approximate surface area is 157 Å². The molecule has 0 aliphatic heterocycles. The molecule has 3 aromatic heterocycles. The lowest BCUT2D eigenvalue weighted by Crippen LogP contribution is -2.12. The maximum Gasteiger partial charge on any atom is 0.321 e. The molecule has 8 nitrogen and oxygen atoms in total. The SMILES string of the molecule is Brc1cnn2c(NCc3nc4ccccc4[nH]3)nc(OCC3CC3)nc12. The third kappa shape index (κ3) is 2.98. The lowest BCUT2D eigenvalue weighted by molar-refractivity contribution is 0.276. The number of aromatic nitrogens is 6. The molecule has 1 aliphatic rings. The monoisotopic (exact) mass is 413 g/mol. The van der Waals surface area contributed by atoms with E-state index in [1.54, 1.807) is 10.7 Å². The Morgan fingerprint density at radius 1 is 1.23 bits per heavy atom. The first kappa shape index (κ1) is 15.6. The largest absolute Gasteiger partial charge is 0.463 e. The Morgan fingerprint density at radius 2 is 2.12 bits per heavy atom. The molecule has 2 N–H and O–H groups in total. The molecule has 132 valence electrons. The van der Waals surface area contributed by atoms with Crippen LogP contribution in [0.1, 0.15) is 18.7 Å². The van der Waals surface area contributed by atoms with Gasteiger partial charge in [-0.15, -0.1) is 0 Å². The fourth-order valence-corrected chi connectivity index (χ4v) is 3.09. The molecule has 26 heavy (non-hydrogen) atoms. The summed E-state index contributed by atoms with van der Waals surface area (Å²) < 4.78 is 8.20. The average molecular weight is 414 g/mol. The van der Waals surface area contributed by atoms with Crippen molar-refractivity contribution >= 4 is 38.6 Å². The number of para-hydroxylation sites is 2. The number of ether oxygens (including phenoxy) is 1. The number of nitrogens with one attached hydrogen (secondary N) is 2. The van der Waals surface area contributed by atoms with E-state index in [1.165, 1.54) is 12.8 Å². The van der Waals surface area contributed by atoms with E-state index in [2.05, 4.69) is 46.3 Å². The van der Waals surface area contributed by atoms with Crippen LogP contribution in [-0.4, -0.2) is 36.2 Å². The zero-order valence-corrected chi connectivity index (χ0v) is 15.4. The number of hydrogen-bond donors (Lipinski definition) is 2. The second-order valence-electron chi connectivity index (χ2n) is 6.37. The number of rotatable bonds is 6. The Bertz CT molecular complexity index is 1050. The van der Waals surface area contributed by atoms with E-state index >= 15 is 0 Å². The first-order valence-corrected chi connectivity index (χ1v) is 9.27. The van der Waals surface area contributed by atoms with E-state index in [4.69, 9.17) is 4.74 Å². The molecule has 4 aromatic rings. The summed E-state index contributed by atoms with van der Waals surface area (Å²) >= 11 is 3.47. The number of benzene rings is 1. The lowest BCUT2D eigenvalue weighted by Gasteiger charge is -2.09. The summed E-state index contributed by atoms with van der Waals surface area (Å²) in [5.74, 6) is 2.02. The van der Waals surface area contributed by atoms with Crippen molar-refractivity contribution in [3.63, 3.8) is 0 Å². The topological polar surface area (TPSA) is 93.0 Å². The van der Waals surface area contributed by atoms with Gasteiger partial charge < -0.3 is 15.0 Å². The van der Waals surface area contributed by atoms with Crippen molar-refractivity contribution in [3.05, 3.63) is 40.8 Å². The highest BCUT2D eigenvalue weighted by Crippen LogP contribution is 2.29. The summed E-state index contributed by atoms with van der Waals surface area (Å²) in [5.41, 5.74) is 2.61. The molecule has 0 amide bonds. The smallest absolute Gasteiger partial charge is 0.321 e. The van der Waals surface area contributed by atoms with Crippen molar-refractivity contribution in [1.82, 2.24) is 29.5 Å². The fourth-order valence-electron chi connectivity index (χ4n) is 2.74. The molecule has 0 atom stereocenters. The van der Waals surface area contributed by atoms with Crippen LogP contribution in [0.3, 0.4) is 0 Å². The molecule has 0 unspecified atom stereocenters. The highest BCUT2D eigenvalue weighted by atomic mass is 79.9. The van der Waals surface area contributed by atoms with E-state index in [0.717, 1.165) is 21.3 Å². The third-order valence-electron chi connectivity index (χ3n) is 4.30. The van der Waals surface area contributed by atoms with Crippen molar-refractivity contribution in [2.45, 2.75) is 19.4 Å². The van der Waals surface area contributed by atoms with Crippen LogP contribution in [0.15, 0.2) is 34.9 Å². The number of anilines is 1. The van der Waals surface area contributed by atoms with Gasteiger partial charge in [0, 0.05) is 0 Å². The summed E-state index contributed by atoms with van der Waals surface area (Å²) in [6.45, 7) is 1.14. The molecule has 0 spiro atoms. The summed E-state index contributed by atoms with van der Waals surface area (Å²) in [6.07, 6.45) is 4.13. The quantitative estimate of drug-likeness (QED) is 0.504. The van der Waals surface area contributed by atoms with Gasteiger partial charge >= 0.3 is 6.01 Å². The Morgan fingerprint density at radius 3 is 2.96 bits per heavy atom. The predicted molar refractivity (Wildman–Crippen MR) is 100 cm³/mol. The summed E-state index contributed by atoms with van der Waals surface area (Å²) in [7, 11) is 0. The van der Waals surface area contributed by atoms with Crippen molar-refractivity contribution < 1.29 is 4.74 Å². The van der Waals surface area contributed by atoms with Crippen LogP contribution in [0.4, 0.5) is 5.95 Å². The second kappa shape index (κ2) is 6.24. The molecule has 5 rings (SSSR count). The molecule has 1 saturated carbocycles. The lowest BCUT2D eigenvalue weighted by atomic mass is 10.3. The molecule has 1 aromatic carbocycles. The molecular formula is C17H16BrN7O. The van der Waals surface area contributed by atoms with Crippen molar-refractivity contribution in [2.24, 2.45) is 5.92 Å². The van der Waals surface area contributed by atoms with E-state index in [1.807, 2.05) is 24.3 Å². The van der Waals surface area contributed by atoms with E-state index in [9.17, 15) is 0 Å². The molecule has 0 saturated heterocycles. The zero-order chi connectivity index (χ0) is 17.5. The number of nitrogens with zero attached hydrogens (tertiary/aromatic N) is 5. The van der Waals surface area contributed by atoms with E-state index in [-0.39, 0.29) is 0 Å². The first-order valence-electron chi connectivity index (χ1n) is 8.48. The Hall–Kier alpha value is -2.68. The van der Waals surface area contributed by atoms with Gasteiger partial charge in [0.15, 0.2) is 5.65 Å². The fraction of sp³-hybridized carbons (Fsp3) is 0.294. The van der Waals surface area contributed by atoms with Crippen molar-refractivity contribution in [3.8, 4) is 6.01 Å². The first-order chi connectivity index (χ1) is 12.8. The molecule has 9 heteroatoms. The maximum absolute atomic E-state index is 5.76. The molecule has 0 bridgehead atoms. The highest BCUT2D eigenvalue weighted by Gasteiger charge is 2.23. The van der Waals surface area contributed by atoms with Crippen molar-refractivity contribution in [2.75, 3.05) is 11.9 Å². The van der Waals surface area contributed by atoms with Crippen molar-refractivity contribution in [1.29, 1.82) is 0 Å². The number of H-pyrrole nitrogens is 1. The average Bonchev–Trinajstić information content (AvgIpc) is 3.28. The van der Waals surface area contributed by atoms with Crippen LogP contribution >= 0.6 is 15.9 Å². The standard InChI is InChI=1S/C17H16BrN7O/c18-11-7-20-25-15(11)23-17(26-9-10-5-6-10)24-16(25)19-8-14-21-12-3-1-2-4-13(12)22-14/h1-4,7,10H,5-6,8-9H2,(H,21,22)(H,19,23,24). The minimum absolute atomic E-state index is 0.359. The second-order valence-corrected chi connectivity index (χ2v) is 7.22. The predicted octanol–water partition coefficient (Wildman–Crippen LogP) is 3.16. The number of imidazole rings is 1. The highest BCUT2D eigenvalue weighted by molar-refractivity contribution is 9.10. The zero-order valence-electron chi connectivity index (χ0n) is 13.8. The van der Waals surface area contributed by atoms with Gasteiger partial charge in [-0.05, 0) is 46.8 Å². The molecule has 3 heterocycles. The van der Waals surface area contributed by atoms with Crippen LogP contribution < -0.4 is 10.1 Å². The number of aromatic amines is 1. The summed E-state index contributed by atoms with van der Waals surface area (Å²) in [4.78, 5) is 16.8. The Balaban J connectivity index is 1.42. The minimum Gasteiger partial charge on any atom is -0.463 e. The van der Waals surface area contributed by atoms with Gasteiger partial charge in [0.05, 0.1) is 34.9 Å². The van der Waals surface area contributed by atoms with Gasteiger partial charge in [-0.25, -0.2) is 4.98 Å². The van der Waals surface area contributed by atoms with Crippen LogP contribution in [-0.2, 0) is 6.54 Å². The summed E-state index contributed by atoms with van der Waals surface area (Å²) in [5, 5.41) is 7.59. The van der Waals surface area contributed by atoms with Crippen LogP contribution in [0, 0.1) is 5.92 Å². The Kier molecular flexibility index (Phi) is 3.74. The van der Waals surface area contributed by atoms with Crippen LogP contribution in [0.2, 0.25) is 0 Å². The van der Waals surface area contributed by atoms with E-state index in [0.29, 0.717) is 36.7 Å². The molecule has 1 fully saturated rings. The minimum atomic E-state index is 0.359. The molecular weight excluding hydrogens is 398 g/mol. The maximum atomic E-state index is 5.76. The molecule has 1 aliphatic carbocycles. The van der Waals surface area contributed by atoms with E-state index < -0.39 is 0 Å². The van der Waals surface area contributed by atoms with Gasteiger partial charge in [0.2, 0.25) is 5.95 Å². The number of fused-ring (bicyclic) bond motifs is 2. The number of hydrogen-bond acceptors (Lipinski definition) is 6. The molecule has 0 radical (unpaired) electrons. The summed E-state index contributed by atoms with van der Waals surface area (Å²) in [6, 6.07) is 8.29. The number of halogens is 1. The van der Waals surface area contributed by atoms with Gasteiger partial charge in [-0.2, -0.15) is 19.6 Å². The van der Waals surface area contributed by atoms with Gasteiger partial charge in [0.1, 0.15) is 5.82 Å². The normalized spacial score (nSPS) is 14.2. The van der Waals surface area contributed by atoms with Gasteiger partial charge in [0.25, 0.3) is 0 Å².